The van der Waals surface area contributed by atoms with Crippen molar-refractivity contribution in [3.8, 4) is 5.88 Å². The van der Waals surface area contributed by atoms with E-state index in [2.05, 4.69) is 4.98 Å². The molecule has 0 bridgehead atoms. The Bertz CT molecular complexity index is 163. The molecular weight excluding hydrogens is 288 g/mol. The first kappa shape index (κ1) is 17.7. The summed E-state index contributed by atoms with van der Waals surface area (Å²) in [6, 6.07) is 5.58. The molecule has 0 aliphatic heterocycles. The average Bonchev–Trinajstić information content (AvgIpc) is 1.90. The summed E-state index contributed by atoms with van der Waals surface area (Å²) in [4.78, 5) is 3.90. The van der Waals surface area contributed by atoms with Crippen molar-refractivity contribution in [3.63, 3.8) is 0 Å². The van der Waals surface area contributed by atoms with Gasteiger partial charge in [0.15, 0.2) is 0 Å². The van der Waals surface area contributed by atoms with Crippen LogP contribution in [0.3, 0.4) is 0 Å². The number of nitrogens with zero attached hydrogens (tertiary/aromatic N) is 1. The molecule has 0 unspecified atom stereocenters. The van der Waals surface area contributed by atoms with Crippen LogP contribution >= 0.6 is 0 Å². The van der Waals surface area contributed by atoms with Crippen molar-refractivity contribution in [1.82, 2.24) is 4.98 Å². The molecule has 0 atom stereocenters. The van der Waals surface area contributed by atoms with Crippen LogP contribution in [-0.2, 0) is 25.2 Å². The van der Waals surface area contributed by atoms with E-state index in [0.717, 1.165) is 25.2 Å². The fourth-order valence-corrected chi connectivity index (χ4v) is 0.704. The Morgan fingerprint density at radius 1 is 1.18 bits per heavy atom. The molecule has 0 fully saturated rings. The van der Waals surface area contributed by atoms with Crippen molar-refractivity contribution in [2.45, 2.75) is 0 Å². The van der Waals surface area contributed by atoms with Gasteiger partial charge in [-0.3, -0.25) is 0 Å². The first-order valence-electron chi connectivity index (χ1n) is 2.18. The van der Waals surface area contributed by atoms with E-state index >= 15 is 0 Å². The second-order valence-electron chi connectivity index (χ2n) is 1.27. The SMILES string of the molecule is [Cl-].[Cl-].[Cl-].[Zr+3][O]c1ccccn1. The number of pyridine rings is 1. The van der Waals surface area contributed by atoms with Gasteiger partial charge in [0.05, 0.1) is 0 Å². The van der Waals surface area contributed by atoms with Crippen molar-refractivity contribution >= 4 is 0 Å². The first-order valence-corrected chi connectivity index (χ1v) is 3.18. The molecule has 11 heavy (non-hydrogen) atoms. The molecule has 2 nitrogen and oxygen atoms in total. The maximum atomic E-state index is 4.89. The summed E-state index contributed by atoms with van der Waals surface area (Å²) in [7, 11) is 0. The van der Waals surface area contributed by atoms with Crippen LogP contribution < -0.4 is 40.0 Å². The zero-order valence-corrected chi connectivity index (χ0v) is 10.0. The van der Waals surface area contributed by atoms with Gasteiger partial charge < -0.3 is 37.2 Å². The Morgan fingerprint density at radius 3 is 2.09 bits per heavy atom. The molecular formula is C5H4Cl3NOZr. The van der Waals surface area contributed by atoms with Crippen LogP contribution in [0.15, 0.2) is 24.4 Å². The van der Waals surface area contributed by atoms with Crippen LogP contribution in [-0.4, -0.2) is 4.98 Å². The van der Waals surface area contributed by atoms with Crippen molar-refractivity contribution in [2.75, 3.05) is 0 Å². The summed E-state index contributed by atoms with van der Waals surface area (Å²) in [5.41, 5.74) is 0. The predicted octanol–water partition coefficient (Wildman–Crippen LogP) is -8.07. The third-order valence-electron chi connectivity index (χ3n) is 0.742. The quantitative estimate of drug-likeness (QED) is 0.513. The van der Waals surface area contributed by atoms with E-state index in [-0.39, 0.29) is 37.2 Å². The Morgan fingerprint density at radius 2 is 1.82 bits per heavy atom. The van der Waals surface area contributed by atoms with E-state index in [1.807, 2.05) is 18.2 Å². The van der Waals surface area contributed by atoms with Gasteiger partial charge in [-0.1, -0.05) is 0 Å². The van der Waals surface area contributed by atoms with E-state index in [9.17, 15) is 0 Å². The maximum absolute atomic E-state index is 4.89. The normalized spacial score (nSPS) is 6.36. The summed E-state index contributed by atoms with van der Waals surface area (Å²) in [6.07, 6.45) is 1.71. The topological polar surface area (TPSA) is 22.1 Å². The zero-order valence-electron chi connectivity index (χ0n) is 5.30. The third kappa shape index (κ3) is 7.08. The summed E-state index contributed by atoms with van der Waals surface area (Å²) in [5.74, 6) is 0.700. The van der Waals surface area contributed by atoms with Gasteiger partial charge in [-0.25, -0.2) is 0 Å². The Labute approximate surface area is 99.8 Å². The van der Waals surface area contributed by atoms with Gasteiger partial charge in [-0.15, -0.1) is 0 Å². The second-order valence-corrected chi connectivity index (χ2v) is 1.77. The molecule has 0 saturated carbocycles. The van der Waals surface area contributed by atoms with Crippen LogP contribution in [0.1, 0.15) is 0 Å². The molecule has 6 heteroatoms. The van der Waals surface area contributed by atoms with Crippen molar-refractivity contribution in [3.05, 3.63) is 24.4 Å². The van der Waals surface area contributed by atoms with Crippen molar-refractivity contribution < 1.29 is 65.2 Å². The summed E-state index contributed by atoms with van der Waals surface area (Å²) >= 11 is 1.03. The molecule has 0 spiro atoms. The van der Waals surface area contributed by atoms with Crippen LogP contribution in [0.5, 0.6) is 5.88 Å². The molecule has 0 aromatic carbocycles. The van der Waals surface area contributed by atoms with Crippen molar-refractivity contribution in [2.24, 2.45) is 0 Å². The van der Waals surface area contributed by atoms with E-state index in [1.54, 1.807) is 6.20 Å². The van der Waals surface area contributed by atoms with Crippen molar-refractivity contribution in [1.29, 1.82) is 0 Å². The molecule has 1 aromatic rings. The Balaban J connectivity index is -0.000000213. The van der Waals surface area contributed by atoms with E-state index in [4.69, 9.17) is 2.81 Å². The molecule has 1 heterocycles. The minimum absolute atomic E-state index is 0. The summed E-state index contributed by atoms with van der Waals surface area (Å²) < 4.78 is 4.89. The number of rotatable bonds is 1. The minimum atomic E-state index is 0. The fraction of sp³-hybridized carbons (Fsp3) is 0. The molecule has 0 radical (unpaired) electrons. The molecule has 0 N–H and O–H groups in total. The number of halogens is 3. The molecule has 1 aromatic heterocycles. The second kappa shape index (κ2) is 10.7. The number of hydrogen-bond donors (Lipinski definition) is 0. The van der Waals surface area contributed by atoms with Crippen LogP contribution in [0.2, 0.25) is 0 Å². The Kier molecular flexibility index (Phi) is 17.2. The number of hydrogen-bond acceptors (Lipinski definition) is 2. The first-order chi connectivity index (χ1) is 3.93. The molecule has 0 amide bonds. The van der Waals surface area contributed by atoms with Gasteiger partial charge in [0.25, 0.3) is 0 Å². The molecule has 60 valence electrons. The van der Waals surface area contributed by atoms with Gasteiger partial charge in [0, 0.05) is 0 Å². The standard InChI is InChI=1S/C5H5NO.3ClH.Zr/c7-5-3-1-2-4-6-5;;;;/h1-4H,(H,6,7);3*1H;/q;;;;+4/p-4. The molecule has 0 aliphatic rings. The average molecular weight is 292 g/mol. The molecule has 0 saturated heterocycles. The Hall–Kier alpha value is 0.703. The summed E-state index contributed by atoms with van der Waals surface area (Å²) in [5, 5.41) is 0. The van der Waals surface area contributed by atoms with Crippen LogP contribution in [0, 0.1) is 0 Å². The van der Waals surface area contributed by atoms with Gasteiger partial charge in [0.2, 0.25) is 0 Å². The van der Waals surface area contributed by atoms with E-state index in [0.29, 0.717) is 5.88 Å². The van der Waals surface area contributed by atoms with E-state index in [1.165, 1.54) is 0 Å². The predicted molar refractivity (Wildman–Crippen MR) is 24.9 cm³/mol. The van der Waals surface area contributed by atoms with Gasteiger partial charge in [-0.05, 0) is 0 Å². The molecule has 1 rings (SSSR count). The van der Waals surface area contributed by atoms with Gasteiger partial charge in [0.1, 0.15) is 0 Å². The molecule has 0 aliphatic carbocycles. The fourth-order valence-electron chi connectivity index (χ4n) is 0.407. The summed E-state index contributed by atoms with van der Waals surface area (Å²) in [6.45, 7) is 0. The monoisotopic (exact) mass is 289 g/mol. The van der Waals surface area contributed by atoms with E-state index < -0.39 is 0 Å². The van der Waals surface area contributed by atoms with Crippen LogP contribution in [0.4, 0.5) is 0 Å². The zero-order chi connectivity index (χ0) is 5.82. The van der Waals surface area contributed by atoms with Gasteiger partial charge in [-0.2, -0.15) is 0 Å². The number of aromatic nitrogens is 1. The van der Waals surface area contributed by atoms with Gasteiger partial charge >= 0.3 is 63.2 Å². The van der Waals surface area contributed by atoms with Crippen LogP contribution in [0.25, 0.3) is 0 Å². The third-order valence-corrected chi connectivity index (χ3v) is 1.26.